The number of aromatic nitrogens is 3. The minimum absolute atomic E-state index is 0.0542. The normalized spacial score (nSPS) is 12.8. The molecule has 8 heteroatoms. The van der Waals surface area contributed by atoms with Gasteiger partial charge in [-0.2, -0.15) is 0 Å². The Bertz CT molecular complexity index is 1140. The number of fused-ring (bicyclic) bond motifs is 1. The van der Waals surface area contributed by atoms with Crippen LogP contribution in [0, 0.1) is 13.8 Å². The van der Waals surface area contributed by atoms with Crippen LogP contribution >= 0.6 is 0 Å². The number of amides is 1. The van der Waals surface area contributed by atoms with E-state index in [-0.39, 0.29) is 11.5 Å². The van der Waals surface area contributed by atoms with E-state index in [1.807, 2.05) is 37.3 Å². The highest BCUT2D eigenvalue weighted by atomic mass is 16.5. The van der Waals surface area contributed by atoms with Crippen LogP contribution in [-0.2, 0) is 11.2 Å². The first-order chi connectivity index (χ1) is 14.5. The van der Waals surface area contributed by atoms with E-state index in [2.05, 4.69) is 25.6 Å². The van der Waals surface area contributed by atoms with Crippen LogP contribution in [0.25, 0.3) is 11.4 Å². The molecule has 1 amide bonds. The molecule has 2 aromatic heterocycles. The van der Waals surface area contributed by atoms with Crippen molar-refractivity contribution in [2.45, 2.75) is 26.7 Å². The van der Waals surface area contributed by atoms with E-state index in [1.54, 1.807) is 13.1 Å². The summed E-state index contributed by atoms with van der Waals surface area (Å²) in [5.41, 5.74) is 3.89. The summed E-state index contributed by atoms with van der Waals surface area (Å²) in [5, 5.41) is 6.07. The first-order valence-electron chi connectivity index (χ1n) is 9.83. The predicted molar refractivity (Wildman–Crippen MR) is 115 cm³/mol. The Morgan fingerprint density at radius 2 is 2.00 bits per heavy atom. The molecule has 0 bridgehead atoms. The van der Waals surface area contributed by atoms with Crippen molar-refractivity contribution in [3.05, 3.63) is 63.7 Å². The summed E-state index contributed by atoms with van der Waals surface area (Å²) in [6.07, 6.45) is 2.91. The fourth-order valence-electron chi connectivity index (χ4n) is 3.22. The van der Waals surface area contributed by atoms with Gasteiger partial charge in [0.2, 0.25) is 5.91 Å². The fraction of sp³-hybridized carbons (Fsp3) is 0.273. The molecule has 30 heavy (non-hydrogen) atoms. The lowest BCUT2D eigenvalue weighted by Crippen LogP contribution is -2.19. The number of nitrogens with zero attached hydrogens (tertiary/aromatic N) is 2. The van der Waals surface area contributed by atoms with Crippen LogP contribution < -0.4 is 20.9 Å². The average Bonchev–Trinajstić information content (AvgIpc) is 2.75. The fourth-order valence-corrected chi connectivity index (χ4v) is 3.22. The number of carbonyl (C=O) groups is 1. The van der Waals surface area contributed by atoms with Gasteiger partial charge >= 0.3 is 0 Å². The van der Waals surface area contributed by atoms with Crippen molar-refractivity contribution in [3.63, 3.8) is 0 Å². The van der Waals surface area contributed by atoms with E-state index in [0.717, 1.165) is 29.0 Å². The van der Waals surface area contributed by atoms with Crippen LogP contribution in [0.5, 0.6) is 5.75 Å². The molecule has 0 saturated heterocycles. The Labute approximate surface area is 173 Å². The molecule has 0 unspecified atom stereocenters. The minimum Gasteiger partial charge on any atom is -0.492 e. The second-order valence-corrected chi connectivity index (χ2v) is 7.20. The van der Waals surface area contributed by atoms with Crippen LogP contribution in [-0.4, -0.2) is 34.0 Å². The third-order valence-corrected chi connectivity index (χ3v) is 5.08. The maximum absolute atomic E-state index is 11.9. The van der Waals surface area contributed by atoms with Gasteiger partial charge in [-0.15, -0.1) is 0 Å². The number of hydrogen-bond acceptors (Lipinski definition) is 6. The van der Waals surface area contributed by atoms with E-state index in [4.69, 9.17) is 4.74 Å². The number of aromatic amines is 1. The van der Waals surface area contributed by atoms with Crippen LogP contribution in [0.3, 0.4) is 0 Å². The van der Waals surface area contributed by atoms with Crippen LogP contribution in [0.2, 0.25) is 0 Å². The maximum Gasteiger partial charge on any atom is 0.254 e. The number of nitrogens with one attached hydrogen (secondary N) is 3. The van der Waals surface area contributed by atoms with Gasteiger partial charge in [0.15, 0.2) is 0 Å². The first kappa shape index (κ1) is 19.6. The Hall–Kier alpha value is -3.68. The molecule has 1 aliphatic heterocycles. The minimum atomic E-state index is -0.138. The van der Waals surface area contributed by atoms with Crippen LogP contribution in [0.4, 0.5) is 11.5 Å². The Balaban J connectivity index is 1.31. The molecule has 3 heterocycles. The lowest BCUT2D eigenvalue weighted by atomic mass is 10.0. The molecule has 0 fully saturated rings. The summed E-state index contributed by atoms with van der Waals surface area (Å²) < 4.78 is 5.80. The van der Waals surface area contributed by atoms with Gasteiger partial charge in [-0.05, 0) is 56.2 Å². The van der Waals surface area contributed by atoms with Crippen molar-refractivity contribution >= 4 is 17.4 Å². The van der Waals surface area contributed by atoms with Gasteiger partial charge < -0.3 is 20.4 Å². The molecule has 0 aliphatic carbocycles. The predicted octanol–water partition coefficient (Wildman–Crippen LogP) is 2.82. The van der Waals surface area contributed by atoms with Crippen molar-refractivity contribution in [2.75, 3.05) is 23.8 Å². The van der Waals surface area contributed by atoms with Gasteiger partial charge in [0.1, 0.15) is 24.0 Å². The standard InChI is InChI=1S/C22H23N5O3/c1-13-14(2)25-21(27-22(13)29)16-3-7-19(24-12-16)23-9-10-30-17-5-6-18-15(11-17)4-8-20(28)26-18/h3,5-7,11-12H,4,8-10H2,1-2H3,(H,23,24)(H,26,28)(H,25,27,29). The summed E-state index contributed by atoms with van der Waals surface area (Å²) in [6, 6.07) is 9.40. The monoisotopic (exact) mass is 405 g/mol. The van der Waals surface area contributed by atoms with Gasteiger partial charge in [-0.1, -0.05) is 0 Å². The van der Waals surface area contributed by atoms with Gasteiger partial charge in [0.25, 0.3) is 5.56 Å². The molecular weight excluding hydrogens is 382 g/mol. The second-order valence-electron chi connectivity index (χ2n) is 7.20. The molecular formula is C22H23N5O3. The molecule has 0 atom stereocenters. The van der Waals surface area contributed by atoms with Crippen molar-refractivity contribution in [1.29, 1.82) is 0 Å². The molecule has 3 aromatic rings. The number of benzene rings is 1. The van der Waals surface area contributed by atoms with Gasteiger partial charge in [-0.3, -0.25) is 9.59 Å². The van der Waals surface area contributed by atoms with E-state index >= 15 is 0 Å². The molecule has 1 aliphatic rings. The third kappa shape index (κ3) is 4.32. The number of carbonyl (C=O) groups excluding carboxylic acids is 1. The first-order valence-corrected chi connectivity index (χ1v) is 9.83. The number of anilines is 2. The zero-order valence-electron chi connectivity index (χ0n) is 16.9. The smallest absolute Gasteiger partial charge is 0.254 e. The number of pyridine rings is 1. The van der Waals surface area contributed by atoms with Gasteiger partial charge in [-0.25, -0.2) is 9.97 Å². The summed E-state index contributed by atoms with van der Waals surface area (Å²) in [4.78, 5) is 34.9. The largest absolute Gasteiger partial charge is 0.492 e. The van der Waals surface area contributed by atoms with Crippen LogP contribution in [0.1, 0.15) is 23.2 Å². The highest BCUT2D eigenvalue weighted by Gasteiger charge is 2.15. The molecule has 0 spiro atoms. The molecule has 3 N–H and O–H groups in total. The Morgan fingerprint density at radius 1 is 1.13 bits per heavy atom. The summed E-state index contributed by atoms with van der Waals surface area (Å²) in [5.74, 6) is 2.05. The lowest BCUT2D eigenvalue weighted by Gasteiger charge is -2.17. The number of rotatable bonds is 6. The zero-order chi connectivity index (χ0) is 21.1. The van der Waals surface area contributed by atoms with Crippen molar-refractivity contribution in [2.24, 2.45) is 0 Å². The molecule has 1 aromatic carbocycles. The van der Waals surface area contributed by atoms with Crippen molar-refractivity contribution in [3.8, 4) is 17.1 Å². The van der Waals surface area contributed by atoms with Crippen molar-refractivity contribution in [1.82, 2.24) is 15.0 Å². The van der Waals surface area contributed by atoms with E-state index in [9.17, 15) is 9.59 Å². The summed E-state index contributed by atoms with van der Waals surface area (Å²) in [7, 11) is 0. The molecule has 0 saturated carbocycles. The van der Waals surface area contributed by atoms with Crippen molar-refractivity contribution < 1.29 is 9.53 Å². The third-order valence-electron chi connectivity index (χ3n) is 5.08. The van der Waals surface area contributed by atoms with E-state index < -0.39 is 0 Å². The number of H-pyrrole nitrogens is 1. The SMILES string of the molecule is Cc1nc(-c2ccc(NCCOc3ccc4c(c3)CCC(=O)N4)nc2)[nH]c(=O)c1C. The maximum atomic E-state index is 11.9. The topological polar surface area (TPSA) is 109 Å². The van der Waals surface area contributed by atoms with Gasteiger partial charge in [0, 0.05) is 35.1 Å². The molecule has 0 radical (unpaired) electrons. The van der Waals surface area contributed by atoms with E-state index in [0.29, 0.717) is 42.5 Å². The van der Waals surface area contributed by atoms with Crippen LogP contribution in [0.15, 0.2) is 41.3 Å². The highest BCUT2D eigenvalue weighted by Crippen LogP contribution is 2.26. The lowest BCUT2D eigenvalue weighted by molar-refractivity contribution is -0.116. The summed E-state index contributed by atoms with van der Waals surface area (Å²) in [6.45, 7) is 4.62. The average molecular weight is 405 g/mol. The molecule has 4 rings (SSSR count). The molecule has 8 nitrogen and oxygen atoms in total. The zero-order valence-corrected chi connectivity index (χ0v) is 16.9. The summed E-state index contributed by atoms with van der Waals surface area (Å²) >= 11 is 0. The number of aryl methyl sites for hydroxylation is 2. The Kier molecular flexibility index (Phi) is 5.47. The quantitative estimate of drug-likeness (QED) is 0.544. The number of ether oxygens (including phenoxy) is 1. The number of hydrogen-bond donors (Lipinski definition) is 3. The highest BCUT2D eigenvalue weighted by molar-refractivity contribution is 5.94. The van der Waals surface area contributed by atoms with E-state index in [1.165, 1.54) is 0 Å². The molecule has 154 valence electrons. The second kappa shape index (κ2) is 8.36. The Morgan fingerprint density at radius 3 is 2.77 bits per heavy atom. The van der Waals surface area contributed by atoms with Gasteiger partial charge in [0.05, 0.1) is 6.54 Å².